The number of hydrogen-bond donors (Lipinski definition) is 1. The zero-order valence-electron chi connectivity index (χ0n) is 10.1. The topological polar surface area (TPSA) is 59.5 Å². The molecule has 1 amide bonds. The Hall–Kier alpha value is -1.29. The molecule has 16 heavy (non-hydrogen) atoms. The van der Waals surface area contributed by atoms with Crippen molar-refractivity contribution in [3.8, 4) is 0 Å². The molecule has 0 aliphatic carbocycles. The third-order valence-electron chi connectivity index (χ3n) is 2.67. The van der Waals surface area contributed by atoms with Crippen LogP contribution in [0, 0.1) is 5.92 Å². The summed E-state index contributed by atoms with van der Waals surface area (Å²) in [6, 6.07) is 3.59. The fraction of sp³-hybridized carbons (Fsp3) is 0.583. The molecule has 0 spiro atoms. The van der Waals surface area contributed by atoms with E-state index in [1.165, 1.54) is 0 Å². The fourth-order valence-corrected chi connectivity index (χ4v) is 1.32. The maximum absolute atomic E-state index is 11.8. The molecule has 0 saturated carbocycles. The van der Waals surface area contributed by atoms with Crippen molar-refractivity contribution in [1.82, 2.24) is 4.90 Å². The van der Waals surface area contributed by atoms with Gasteiger partial charge in [0.15, 0.2) is 0 Å². The molecule has 0 radical (unpaired) electrons. The van der Waals surface area contributed by atoms with Crippen molar-refractivity contribution in [2.24, 2.45) is 11.7 Å². The molecule has 0 aromatic carbocycles. The van der Waals surface area contributed by atoms with Crippen LogP contribution in [0.4, 0.5) is 0 Å². The first kappa shape index (κ1) is 12.8. The first-order valence-electron chi connectivity index (χ1n) is 5.52. The van der Waals surface area contributed by atoms with E-state index in [2.05, 4.69) is 0 Å². The van der Waals surface area contributed by atoms with Gasteiger partial charge in [-0.2, -0.15) is 0 Å². The van der Waals surface area contributed by atoms with Gasteiger partial charge in [0.2, 0.25) is 5.91 Å². The van der Waals surface area contributed by atoms with E-state index in [4.69, 9.17) is 10.2 Å². The fourth-order valence-electron chi connectivity index (χ4n) is 1.32. The highest BCUT2D eigenvalue weighted by Gasteiger charge is 2.16. The second-order valence-corrected chi connectivity index (χ2v) is 4.44. The van der Waals surface area contributed by atoms with Crippen LogP contribution in [-0.4, -0.2) is 23.9 Å². The lowest BCUT2D eigenvalue weighted by Gasteiger charge is -2.20. The normalized spacial score (nSPS) is 12.8. The summed E-state index contributed by atoms with van der Waals surface area (Å²) in [6.07, 6.45) is 1.99. The van der Waals surface area contributed by atoms with Gasteiger partial charge in [0, 0.05) is 19.5 Å². The summed E-state index contributed by atoms with van der Waals surface area (Å²) in [4.78, 5) is 13.4. The van der Waals surface area contributed by atoms with Gasteiger partial charge in [-0.25, -0.2) is 0 Å². The van der Waals surface area contributed by atoms with Crippen LogP contribution in [0.2, 0.25) is 0 Å². The SMILES string of the molecule is CC(C)C(N)CC(=O)N(C)Cc1ccco1. The van der Waals surface area contributed by atoms with Crippen molar-refractivity contribution in [2.75, 3.05) is 7.05 Å². The summed E-state index contributed by atoms with van der Waals surface area (Å²) in [7, 11) is 1.76. The van der Waals surface area contributed by atoms with Gasteiger partial charge in [-0.15, -0.1) is 0 Å². The van der Waals surface area contributed by atoms with Gasteiger partial charge in [-0.3, -0.25) is 4.79 Å². The van der Waals surface area contributed by atoms with Gasteiger partial charge in [0.05, 0.1) is 12.8 Å². The summed E-state index contributed by atoms with van der Waals surface area (Å²) in [5.74, 6) is 1.16. The third-order valence-corrected chi connectivity index (χ3v) is 2.67. The van der Waals surface area contributed by atoms with Crippen molar-refractivity contribution < 1.29 is 9.21 Å². The van der Waals surface area contributed by atoms with Gasteiger partial charge in [0.1, 0.15) is 5.76 Å². The number of furan rings is 1. The molecule has 0 bridgehead atoms. The van der Waals surface area contributed by atoms with Crippen molar-refractivity contribution in [1.29, 1.82) is 0 Å². The highest BCUT2D eigenvalue weighted by molar-refractivity contribution is 5.76. The molecule has 1 aromatic heterocycles. The minimum absolute atomic E-state index is 0.0533. The lowest BCUT2D eigenvalue weighted by molar-refractivity contribution is -0.131. The van der Waals surface area contributed by atoms with Gasteiger partial charge >= 0.3 is 0 Å². The number of carbonyl (C=O) groups excluding carboxylic acids is 1. The van der Waals surface area contributed by atoms with Crippen LogP contribution >= 0.6 is 0 Å². The first-order valence-corrected chi connectivity index (χ1v) is 5.52. The maximum atomic E-state index is 11.8. The number of rotatable bonds is 5. The largest absolute Gasteiger partial charge is 0.467 e. The molecule has 0 aliphatic heterocycles. The van der Waals surface area contributed by atoms with E-state index in [0.29, 0.717) is 18.9 Å². The molecule has 4 heteroatoms. The molecule has 0 saturated heterocycles. The molecule has 1 unspecified atom stereocenters. The molecule has 0 fully saturated rings. The minimum Gasteiger partial charge on any atom is -0.467 e. The van der Waals surface area contributed by atoms with E-state index < -0.39 is 0 Å². The summed E-state index contributed by atoms with van der Waals surface area (Å²) in [5, 5.41) is 0. The Balaban J connectivity index is 2.42. The summed E-state index contributed by atoms with van der Waals surface area (Å²) >= 11 is 0. The van der Waals surface area contributed by atoms with Crippen molar-refractivity contribution in [3.05, 3.63) is 24.2 Å². The zero-order valence-corrected chi connectivity index (χ0v) is 10.1. The lowest BCUT2D eigenvalue weighted by atomic mass is 10.0. The second kappa shape index (κ2) is 5.70. The van der Waals surface area contributed by atoms with E-state index in [1.807, 2.05) is 26.0 Å². The quantitative estimate of drug-likeness (QED) is 0.826. The first-order chi connectivity index (χ1) is 7.50. The Kier molecular flexibility index (Phi) is 4.55. The van der Waals surface area contributed by atoms with Gasteiger partial charge < -0.3 is 15.1 Å². The molecule has 1 aromatic rings. The Bertz CT molecular complexity index is 320. The second-order valence-electron chi connectivity index (χ2n) is 4.44. The lowest BCUT2D eigenvalue weighted by Crippen LogP contribution is -2.35. The van der Waals surface area contributed by atoms with E-state index in [-0.39, 0.29) is 11.9 Å². The van der Waals surface area contributed by atoms with Crippen molar-refractivity contribution in [2.45, 2.75) is 32.9 Å². The predicted molar refractivity (Wildman–Crippen MR) is 62.6 cm³/mol. The van der Waals surface area contributed by atoms with E-state index >= 15 is 0 Å². The molecular weight excluding hydrogens is 204 g/mol. The maximum Gasteiger partial charge on any atom is 0.224 e. The third kappa shape index (κ3) is 3.70. The molecule has 1 atom stereocenters. The molecule has 90 valence electrons. The Morgan fingerprint density at radius 2 is 2.25 bits per heavy atom. The van der Waals surface area contributed by atoms with E-state index in [9.17, 15) is 4.79 Å². The van der Waals surface area contributed by atoms with Crippen molar-refractivity contribution in [3.63, 3.8) is 0 Å². The number of hydrogen-bond acceptors (Lipinski definition) is 3. The van der Waals surface area contributed by atoms with Crippen LogP contribution < -0.4 is 5.73 Å². The van der Waals surface area contributed by atoms with Crippen LogP contribution in [0.5, 0.6) is 0 Å². The highest BCUT2D eigenvalue weighted by Crippen LogP contribution is 2.08. The number of amides is 1. The van der Waals surface area contributed by atoms with E-state index in [1.54, 1.807) is 18.2 Å². The monoisotopic (exact) mass is 224 g/mol. The molecule has 2 N–H and O–H groups in total. The van der Waals surface area contributed by atoms with Crippen LogP contribution in [0.15, 0.2) is 22.8 Å². The Morgan fingerprint density at radius 1 is 1.56 bits per heavy atom. The molecule has 4 nitrogen and oxygen atoms in total. The van der Waals surface area contributed by atoms with Gasteiger partial charge in [-0.05, 0) is 18.1 Å². The number of carbonyl (C=O) groups is 1. The van der Waals surface area contributed by atoms with Crippen LogP contribution in [0.25, 0.3) is 0 Å². The van der Waals surface area contributed by atoms with Crippen LogP contribution in [-0.2, 0) is 11.3 Å². The smallest absolute Gasteiger partial charge is 0.224 e. The van der Waals surface area contributed by atoms with Gasteiger partial charge in [0.25, 0.3) is 0 Å². The highest BCUT2D eigenvalue weighted by atomic mass is 16.3. The van der Waals surface area contributed by atoms with E-state index in [0.717, 1.165) is 5.76 Å². The molecular formula is C12H20N2O2. The molecule has 0 aliphatic rings. The van der Waals surface area contributed by atoms with Crippen LogP contribution in [0.3, 0.4) is 0 Å². The average molecular weight is 224 g/mol. The predicted octanol–water partition coefficient (Wildman–Crippen LogP) is 1.61. The Labute approximate surface area is 96.4 Å². The van der Waals surface area contributed by atoms with Gasteiger partial charge in [-0.1, -0.05) is 13.8 Å². The Morgan fingerprint density at radius 3 is 2.75 bits per heavy atom. The molecule has 1 heterocycles. The summed E-state index contributed by atoms with van der Waals surface area (Å²) in [5.41, 5.74) is 5.86. The summed E-state index contributed by atoms with van der Waals surface area (Å²) in [6.45, 7) is 4.53. The zero-order chi connectivity index (χ0) is 12.1. The van der Waals surface area contributed by atoms with Crippen molar-refractivity contribution >= 4 is 5.91 Å². The number of nitrogens with zero attached hydrogens (tertiary/aromatic N) is 1. The molecule has 1 rings (SSSR count). The average Bonchev–Trinajstić information content (AvgIpc) is 2.69. The van der Waals surface area contributed by atoms with Crippen LogP contribution in [0.1, 0.15) is 26.0 Å². The minimum atomic E-state index is -0.0773. The number of nitrogens with two attached hydrogens (primary N) is 1. The standard InChI is InChI=1S/C12H20N2O2/c1-9(2)11(13)7-12(15)14(3)8-10-5-4-6-16-10/h4-6,9,11H,7-8,13H2,1-3H3. The summed E-state index contributed by atoms with van der Waals surface area (Å²) < 4.78 is 5.18.